The lowest BCUT2D eigenvalue weighted by molar-refractivity contribution is -0.128. The van der Waals surface area contributed by atoms with Crippen LogP contribution in [-0.4, -0.2) is 28.5 Å². The van der Waals surface area contributed by atoms with E-state index in [1.807, 2.05) is 45.0 Å². The molecule has 2 aliphatic rings. The van der Waals surface area contributed by atoms with Crippen LogP contribution in [0.4, 0.5) is 4.79 Å². The van der Waals surface area contributed by atoms with E-state index in [1.165, 1.54) is 16.7 Å². The van der Waals surface area contributed by atoms with Crippen molar-refractivity contribution in [3.63, 3.8) is 0 Å². The van der Waals surface area contributed by atoms with E-state index in [4.69, 9.17) is 4.74 Å². The fourth-order valence-electron chi connectivity index (χ4n) is 4.61. The molecular formula is C26H32N2O3. The molecule has 5 heteroatoms. The Morgan fingerprint density at radius 1 is 1.06 bits per heavy atom. The summed E-state index contributed by atoms with van der Waals surface area (Å²) in [6.45, 7) is 8.00. The number of benzene rings is 2. The number of fused-ring (bicyclic) bond motifs is 2. The minimum absolute atomic E-state index is 0.0196. The third-order valence-corrected chi connectivity index (χ3v) is 6.11. The third-order valence-electron chi connectivity index (χ3n) is 6.11. The zero-order chi connectivity index (χ0) is 22.2. The van der Waals surface area contributed by atoms with Gasteiger partial charge in [0.2, 0.25) is 5.91 Å². The van der Waals surface area contributed by atoms with Crippen molar-refractivity contribution >= 4 is 12.0 Å². The molecule has 164 valence electrons. The predicted molar refractivity (Wildman–Crippen MR) is 121 cm³/mol. The first-order valence-electron chi connectivity index (χ1n) is 11.2. The molecule has 1 heterocycles. The first-order chi connectivity index (χ1) is 14.7. The molecule has 0 bridgehead atoms. The second-order valence-electron chi connectivity index (χ2n) is 9.75. The normalized spacial score (nSPS) is 20.5. The fourth-order valence-corrected chi connectivity index (χ4v) is 4.61. The van der Waals surface area contributed by atoms with E-state index in [-0.39, 0.29) is 11.9 Å². The molecule has 2 atom stereocenters. The zero-order valence-electron chi connectivity index (χ0n) is 18.9. The molecule has 0 saturated carbocycles. The monoisotopic (exact) mass is 420 g/mol. The van der Waals surface area contributed by atoms with Crippen molar-refractivity contribution in [2.45, 2.75) is 77.6 Å². The van der Waals surface area contributed by atoms with Crippen LogP contribution in [0.1, 0.15) is 67.5 Å². The molecule has 2 aromatic carbocycles. The number of nitrogens with zero attached hydrogens (tertiary/aromatic N) is 1. The van der Waals surface area contributed by atoms with Crippen molar-refractivity contribution in [3.8, 4) is 0 Å². The van der Waals surface area contributed by atoms with Gasteiger partial charge in [-0.05, 0) is 69.2 Å². The van der Waals surface area contributed by atoms with E-state index in [9.17, 15) is 9.59 Å². The molecule has 1 N–H and O–H groups in total. The lowest BCUT2D eigenvalue weighted by Crippen LogP contribution is -2.54. The number of aryl methyl sites for hydroxylation is 2. The number of amides is 2. The maximum Gasteiger partial charge on any atom is 0.411 e. The van der Waals surface area contributed by atoms with Crippen LogP contribution in [-0.2, 0) is 28.9 Å². The van der Waals surface area contributed by atoms with Gasteiger partial charge in [-0.2, -0.15) is 0 Å². The standard InChI is InChI=1S/C26H32N2O3/c1-17-12-13-18-10-7-11-22(21(18)14-17)27-24(29)23-15-19-8-5-6-9-20(19)16-28(23)25(30)31-26(2,3)4/h5-6,8-9,12-14,22-23H,7,10-11,15-16H2,1-4H3,(H,27,29). The highest BCUT2D eigenvalue weighted by atomic mass is 16.6. The summed E-state index contributed by atoms with van der Waals surface area (Å²) >= 11 is 0. The van der Waals surface area contributed by atoms with Crippen molar-refractivity contribution in [2.75, 3.05) is 0 Å². The number of carbonyl (C=O) groups excluding carboxylic acids is 2. The Hall–Kier alpha value is -2.82. The summed E-state index contributed by atoms with van der Waals surface area (Å²) in [5, 5.41) is 3.26. The Kier molecular flexibility index (Phi) is 5.78. The Labute approximate surface area is 184 Å². The maximum absolute atomic E-state index is 13.5. The molecule has 5 nitrogen and oxygen atoms in total. The van der Waals surface area contributed by atoms with Gasteiger partial charge in [-0.25, -0.2) is 4.79 Å². The Balaban J connectivity index is 1.59. The van der Waals surface area contributed by atoms with Crippen molar-refractivity contribution in [1.29, 1.82) is 0 Å². The van der Waals surface area contributed by atoms with Crippen LogP contribution in [0.25, 0.3) is 0 Å². The average molecular weight is 421 g/mol. The Bertz CT molecular complexity index is 992. The highest BCUT2D eigenvalue weighted by Crippen LogP contribution is 2.32. The van der Waals surface area contributed by atoms with Crippen LogP contribution in [0.5, 0.6) is 0 Å². The number of carbonyl (C=O) groups is 2. The average Bonchev–Trinajstić information content (AvgIpc) is 2.72. The molecule has 31 heavy (non-hydrogen) atoms. The van der Waals surface area contributed by atoms with Gasteiger partial charge >= 0.3 is 6.09 Å². The van der Waals surface area contributed by atoms with E-state index >= 15 is 0 Å². The van der Waals surface area contributed by atoms with Crippen LogP contribution in [0.3, 0.4) is 0 Å². The summed E-state index contributed by atoms with van der Waals surface area (Å²) in [6.07, 6.45) is 3.06. The predicted octanol–water partition coefficient (Wildman–Crippen LogP) is 4.85. The highest BCUT2D eigenvalue weighted by Gasteiger charge is 2.38. The van der Waals surface area contributed by atoms with Gasteiger partial charge in [-0.15, -0.1) is 0 Å². The lowest BCUT2D eigenvalue weighted by atomic mass is 9.86. The molecule has 2 aromatic rings. The minimum atomic E-state index is -0.616. The molecular weight excluding hydrogens is 388 g/mol. The molecule has 2 amide bonds. The van der Waals surface area contributed by atoms with Crippen molar-refractivity contribution in [1.82, 2.24) is 10.2 Å². The summed E-state index contributed by atoms with van der Waals surface area (Å²) < 4.78 is 5.64. The SMILES string of the molecule is Cc1ccc2c(c1)C(NC(=O)C1Cc3ccccc3CN1C(=O)OC(C)(C)C)CCC2. The largest absolute Gasteiger partial charge is 0.444 e. The molecule has 4 rings (SSSR count). The van der Waals surface area contributed by atoms with Crippen molar-refractivity contribution < 1.29 is 14.3 Å². The Morgan fingerprint density at radius 2 is 1.81 bits per heavy atom. The lowest BCUT2D eigenvalue weighted by Gasteiger charge is -2.38. The van der Waals surface area contributed by atoms with Gasteiger partial charge in [-0.1, -0.05) is 48.0 Å². The van der Waals surface area contributed by atoms with E-state index < -0.39 is 17.7 Å². The van der Waals surface area contributed by atoms with Crippen LogP contribution >= 0.6 is 0 Å². The van der Waals surface area contributed by atoms with Gasteiger partial charge in [0.15, 0.2) is 0 Å². The number of hydrogen-bond donors (Lipinski definition) is 1. The van der Waals surface area contributed by atoms with Gasteiger partial charge in [0.05, 0.1) is 12.6 Å². The summed E-state index contributed by atoms with van der Waals surface area (Å²) in [5.41, 5.74) is 5.27. The molecule has 0 fully saturated rings. The molecule has 2 unspecified atom stereocenters. The minimum Gasteiger partial charge on any atom is -0.444 e. The van der Waals surface area contributed by atoms with E-state index in [0.29, 0.717) is 13.0 Å². The molecule has 0 aromatic heterocycles. The number of nitrogens with one attached hydrogen (secondary N) is 1. The summed E-state index contributed by atoms with van der Waals surface area (Å²) in [5.74, 6) is -0.111. The molecule has 1 aliphatic heterocycles. The molecule has 0 spiro atoms. The van der Waals surface area contributed by atoms with E-state index in [0.717, 1.165) is 30.4 Å². The number of hydrogen-bond acceptors (Lipinski definition) is 3. The first kappa shape index (κ1) is 21.4. The van der Waals surface area contributed by atoms with Crippen LogP contribution in [0.2, 0.25) is 0 Å². The maximum atomic E-state index is 13.5. The van der Waals surface area contributed by atoms with E-state index in [1.54, 1.807) is 4.90 Å². The van der Waals surface area contributed by atoms with Gasteiger partial charge < -0.3 is 10.1 Å². The van der Waals surface area contributed by atoms with Crippen molar-refractivity contribution in [2.24, 2.45) is 0 Å². The quantitative estimate of drug-likeness (QED) is 0.755. The fraction of sp³-hybridized carbons (Fsp3) is 0.462. The van der Waals surface area contributed by atoms with Crippen LogP contribution in [0, 0.1) is 6.92 Å². The van der Waals surface area contributed by atoms with Gasteiger partial charge in [0.1, 0.15) is 11.6 Å². The summed E-state index contributed by atoms with van der Waals surface area (Å²) in [6, 6.07) is 13.9. The topological polar surface area (TPSA) is 58.6 Å². The molecule has 0 radical (unpaired) electrons. The first-order valence-corrected chi connectivity index (χ1v) is 11.2. The zero-order valence-corrected chi connectivity index (χ0v) is 18.9. The smallest absolute Gasteiger partial charge is 0.411 e. The highest BCUT2D eigenvalue weighted by molar-refractivity contribution is 5.87. The van der Waals surface area contributed by atoms with Gasteiger partial charge in [0.25, 0.3) is 0 Å². The molecule has 1 aliphatic carbocycles. The van der Waals surface area contributed by atoms with Crippen molar-refractivity contribution in [3.05, 3.63) is 70.3 Å². The van der Waals surface area contributed by atoms with Gasteiger partial charge in [-0.3, -0.25) is 9.69 Å². The molecule has 0 saturated heterocycles. The summed E-state index contributed by atoms with van der Waals surface area (Å²) in [7, 11) is 0. The second kappa shape index (κ2) is 8.37. The number of rotatable bonds is 2. The van der Waals surface area contributed by atoms with Crippen LogP contribution in [0.15, 0.2) is 42.5 Å². The number of ether oxygens (including phenoxy) is 1. The van der Waals surface area contributed by atoms with E-state index in [2.05, 4.69) is 30.4 Å². The third kappa shape index (κ3) is 4.76. The Morgan fingerprint density at radius 3 is 2.55 bits per heavy atom. The van der Waals surface area contributed by atoms with Gasteiger partial charge in [0, 0.05) is 6.42 Å². The second-order valence-corrected chi connectivity index (χ2v) is 9.75. The summed E-state index contributed by atoms with van der Waals surface area (Å²) in [4.78, 5) is 28.1. The van der Waals surface area contributed by atoms with Crippen LogP contribution < -0.4 is 5.32 Å².